The van der Waals surface area contributed by atoms with Crippen molar-refractivity contribution in [1.82, 2.24) is 15.0 Å². The Labute approximate surface area is 238 Å². The van der Waals surface area contributed by atoms with Crippen molar-refractivity contribution in [2.24, 2.45) is 0 Å². The van der Waals surface area contributed by atoms with Crippen LogP contribution in [0.4, 0.5) is 0 Å². The van der Waals surface area contributed by atoms with Gasteiger partial charge < -0.3 is 10.1 Å². The number of benzene rings is 2. The van der Waals surface area contributed by atoms with Crippen LogP contribution in [0.3, 0.4) is 0 Å². The fourth-order valence-corrected chi connectivity index (χ4v) is 6.01. The van der Waals surface area contributed by atoms with Crippen molar-refractivity contribution in [3.05, 3.63) is 94.3 Å². The Balaban J connectivity index is 1.36. The second kappa shape index (κ2) is 12.6. The van der Waals surface area contributed by atoms with Crippen LogP contribution in [-0.2, 0) is 21.2 Å². The van der Waals surface area contributed by atoms with Gasteiger partial charge in [-0.25, -0.2) is 22.9 Å². The standard InChI is InChI=1S/C29H30ClN3O6S/c1-29(15-6-3-7-16-29)39-28(36)24-12-10-22(19-32-24)27(35)33-40(37,38)25-13-11-21(18-23(25)30)26(34)31-17-14-20-8-4-2-5-9-20/h2,4-5,8-13,18-19H,3,6-7,14-17H2,1H3,(H,31,34)(H,33,35). The van der Waals surface area contributed by atoms with Crippen molar-refractivity contribution in [2.45, 2.75) is 55.9 Å². The quantitative estimate of drug-likeness (QED) is 0.349. The van der Waals surface area contributed by atoms with Gasteiger partial charge in [0.2, 0.25) is 0 Å². The molecule has 0 aliphatic heterocycles. The molecule has 0 saturated heterocycles. The van der Waals surface area contributed by atoms with Gasteiger partial charge in [-0.2, -0.15) is 0 Å². The van der Waals surface area contributed by atoms with Gasteiger partial charge in [0, 0.05) is 18.3 Å². The summed E-state index contributed by atoms with van der Waals surface area (Å²) in [6.45, 7) is 2.29. The van der Waals surface area contributed by atoms with Crippen LogP contribution in [0.25, 0.3) is 0 Å². The van der Waals surface area contributed by atoms with E-state index in [1.165, 1.54) is 24.3 Å². The lowest BCUT2D eigenvalue weighted by Gasteiger charge is -2.32. The van der Waals surface area contributed by atoms with Gasteiger partial charge in [0.25, 0.3) is 21.8 Å². The zero-order valence-electron chi connectivity index (χ0n) is 22.0. The number of pyridine rings is 1. The highest BCUT2D eigenvalue weighted by Crippen LogP contribution is 2.31. The minimum Gasteiger partial charge on any atom is -0.455 e. The molecule has 1 aliphatic carbocycles. The zero-order valence-corrected chi connectivity index (χ0v) is 23.6. The smallest absolute Gasteiger partial charge is 0.357 e. The zero-order chi connectivity index (χ0) is 28.8. The molecule has 4 rings (SSSR count). The van der Waals surface area contributed by atoms with Crippen LogP contribution >= 0.6 is 11.6 Å². The SMILES string of the molecule is CC1(OC(=O)c2ccc(C(=O)NS(=O)(=O)c3ccc(C(=O)NCCc4ccccc4)cc3Cl)cn2)CCCCC1. The van der Waals surface area contributed by atoms with Gasteiger partial charge in [-0.05, 0) is 74.9 Å². The first kappa shape index (κ1) is 29.2. The Hall–Kier alpha value is -3.76. The maximum Gasteiger partial charge on any atom is 0.357 e. The molecule has 0 unspecified atom stereocenters. The van der Waals surface area contributed by atoms with Crippen LogP contribution in [-0.4, -0.2) is 43.3 Å². The average Bonchev–Trinajstić information content (AvgIpc) is 2.93. The Morgan fingerprint density at radius 2 is 1.65 bits per heavy atom. The second-order valence-corrected chi connectivity index (χ2v) is 12.0. The fourth-order valence-electron chi connectivity index (χ4n) is 4.49. The molecule has 40 heavy (non-hydrogen) atoms. The van der Waals surface area contributed by atoms with Crippen LogP contribution in [0.15, 0.2) is 71.8 Å². The summed E-state index contributed by atoms with van der Waals surface area (Å²) in [5.41, 5.74) is 0.647. The first-order valence-electron chi connectivity index (χ1n) is 12.9. The molecular weight excluding hydrogens is 554 g/mol. The van der Waals surface area contributed by atoms with E-state index in [0.29, 0.717) is 13.0 Å². The number of nitrogens with zero attached hydrogens (tertiary/aromatic N) is 1. The fraction of sp³-hybridized carbons (Fsp3) is 0.310. The minimum absolute atomic E-state index is 0.0203. The van der Waals surface area contributed by atoms with E-state index in [9.17, 15) is 22.8 Å². The molecule has 2 N–H and O–H groups in total. The average molecular weight is 584 g/mol. The van der Waals surface area contributed by atoms with Gasteiger partial charge in [0.1, 0.15) is 16.2 Å². The van der Waals surface area contributed by atoms with Gasteiger partial charge in [0.15, 0.2) is 0 Å². The van der Waals surface area contributed by atoms with Crippen molar-refractivity contribution in [2.75, 3.05) is 6.54 Å². The van der Waals surface area contributed by atoms with Crippen molar-refractivity contribution >= 4 is 39.4 Å². The largest absolute Gasteiger partial charge is 0.455 e. The molecule has 9 nitrogen and oxygen atoms in total. The number of halogens is 1. The van der Waals surface area contributed by atoms with Crippen molar-refractivity contribution in [3.8, 4) is 0 Å². The molecule has 210 valence electrons. The predicted octanol–water partition coefficient (Wildman–Crippen LogP) is 4.71. The third-order valence-corrected chi connectivity index (χ3v) is 8.55. The van der Waals surface area contributed by atoms with E-state index in [0.717, 1.165) is 49.9 Å². The first-order valence-corrected chi connectivity index (χ1v) is 14.8. The summed E-state index contributed by atoms with van der Waals surface area (Å²) < 4.78 is 33.3. The van der Waals surface area contributed by atoms with E-state index in [4.69, 9.17) is 16.3 Å². The van der Waals surface area contributed by atoms with E-state index in [1.54, 1.807) is 0 Å². The number of rotatable bonds is 9. The lowest BCUT2D eigenvalue weighted by molar-refractivity contribution is -0.0274. The molecule has 2 aromatic carbocycles. The second-order valence-electron chi connectivity index (χ2n) is 9.90. The molecule has 2 amide bonds. The predicted molar refractivity (Wildman–Crippen MR) is 150 cm³/mol. The molecule has 1 heterocycles. The maximum atomic E-state index is 12.9. The minimum atomic E-state index is -4.37. The highest BCUT2D eigenvalue weighted by Gasteiger charge is 2.31. The number of hydrogen-bond donors (Lipinski definition) is 2. The summed E-state index contributed by atoms with van der Waals surface area (Å²) in [6, 6.07) is 16.0. The van der Waals surface area contributed by atoms with Crippen LogP contribution in [0.2, 0.25) is 5.02 Å². The number of carbonyl (C=O) groups excluding carboxylic acids is 3. The van der Waals surface area contributed by atoms with Crippen LogP contribution in [0.1, 0.15) is 75.8 Å². The molecule has 0 spiro atoms. The topological polar surface area (TPSA) is 132 Å². The Kier molecular flexibility index (Phi) is 9.21. The number of sulfonamides is 1. The lowest BCUT2D eigenvalue weighted by atomic mass is 9.86. The van der Waals surface area contributed by atoms with Gasteiger partial charge in [-0.3, -0.25) is 9.59 Å². The van der Waals surface area contributed by atoms with Crippen molar-refractivity contribution in [3.63, 3.8) is 0 Å². The summed E-state index contributed by atoms with van der Waals surface area (Å²) in [4.78, 5) is 41.3. The summed E-state index contributed by atoms with van der Waals surface area (Å²) in [7, 11) is -4.37. The number of hydrogen-bond acceptors (Lipinski definition) is 7. The molecule has 3 aromatic rings. The van der Waals surface area contributed by atoms with Gasteiger partial charge in [-0.1, -0.05) is 48.4 Å². The van der Waals surface area contributed by atoms with E-state index in [-0.39, 0.29) is 26.7 Å². The number of ether oxygens (including phenoxy) is 1. The molecule has 1 aliphatic rings. The number of carbonyl (C=O) groups is 3. The van der Waals surface area contributed by atoms with Gasteiger partial charge >= 0.3 is 5.97 Å². The molecule has 1 saturated carbocycles. The number of amides is 2. The van der Waals surface area contributed by atoms with Crippen molar-refractivity contribution in [1.29, 1.82) is 0 Å². The number of nitrogens with one attached hydrogen (secondary N) is 2. The third kappa shape index (κ3) is 7.45. The van der Waals surface area contributed by atoms with Crippen LogP contribution < -0.4 is 10.0 Å². The van der Waals surface area contributed by atoms with Crippen LogP contribution in [0, 0.1) is 0 Å². The molecule has 0 atom stereocenters. The monoisotopic (exact) mass is 583 g/mol. The summed E-state index contributed by atoms with van der Waals surface area (Å²) in [5.74, 6) is -1.96. The van der Waals surface area contributed by atoms with E-state index >= 15 is 0 Å². The highest BCUT2D eigenvalue weighted by atomic mass is 35.5. The highest BCUT2D eigenvalue weighted by molar-refractivity contribution is 7.90. The third-order valence-electron chi connectivity index (χ3n) is 6.74. The van der Waals surface area contributed by atoms with E-state index < -0.39 is 33.4 Å². The Morgan fingerprint density at radius 1 is 0.950 bits per heavy atom. The van der Waals surface area contributed by atoms with E-state index in [1.807, 2.05) is 42.0 Å². The van der Waals surface area contributed by atoms with Crippen molar-refractivity contribution < 1.29 is 27.5 Å². The maximum absolute atomic E-state index is 12.9. The molecule has 11 heteroatoms. The first-order chi connectivity index (χ1) is 19.1. The summed E-state index contributed by atoms with van der Waals surface area (Å²) >= 11 is 6.19. The molecule has 0 bridgehead atoms. The summed E-state index contributed by atoms with van der Waals surface area (Å²) in [5, 5.41) is 2.55. The summed E-state index contributed by atoms with van der Waals surface area (Å²) in [6.07, 6.45) is 6.38. The Bertz CT molecular complexity index is 1490. The lowest BCUT2D eigenvalue weighted by Crippen LogP contribution is -2.34. The number of aromatic nitrogens is 1. The number of esters is 1. The molecule has 1 aromatic heterocycles. The normalized spacial score (nSPS) is 14.7. The molecule has 0 radical (unpaired) electrons. The van der Waals surface area contributed by atoms with Gasteiger partial charge in [0.05, 0.1) is 10.6 Å². The Morgan fingerprint density at radius 3 is 2.30 bits per heavy atom. The molecule has 1 fully saturated rings. The van der Waals surface area contributed by atoms with Crippen LogP contribution in [0.5, 0.6) is 0 Å². The van der Waals surface area contributed by atoms with Gasteiger partial charge in [-0.15, -0.1) is 0 Å². The van der Waals surface area contributed by atoms with E-state index in [2.05, 4.69) is 10.3 Å². The molecular formula is C29H30ClN3O6S.